The number of rotatable bonds is 6. The number of hydrogen-bond acceptors (Lipinski definition) is 5. The van der Waals surface area contributed by atoms with Gasteiger partial charge in [-0.1, -0.05) is 6.07 Å². The van der Waals surface area contributed by atoms with Crippen LogP contribution in [-0.2, 0) is 12.8 Å². The lowest BCUT2D eigenvalue weighted by molar-refractivity contribution is -0.141. The maximum atomic E-state index is 13.1. The number of nitrogens with one attached hydrogen (secondary N) is 1. The van der Waals surface area contributed by atoms with Gasteiger partial charge in [-0.25, -0.2) is 9.97 Å². The van der Waals surface area contributed by atoms with Crippen molar-refractivity contribution in [2.24, 2.45) is 0 Å². The second-order valence-electron chi connectivity index (χ2n) is 6.82. The molecule has 0 saturated heterocycles. The van der Waals surface area contributed by atoms with Gasteiger partial charge in [-0.2, -0.15) is 17.6 Å². The highest BCUT2D eigenvalue weighted by Gasteiger charge is 2.32. The third-order valence-corrected chi connectivity index (χ3v) is 5.18. The first-order valence-electron chi connectivity index (χ1n) is 9.45. The molecule has 0 saturated carbocycles. The highest BCUT2D eigenvalue weighted by atomic mass is 79.9. The van der Waals surface area contributed by atoms with Crippen LogP contribution in [0.25, 0.3) is 22.6 Å². The van der Waals surface area contributed by atoms with E-state index in [2.05, 4.69) is 35.9 Å². The van der Waals surface area contributed by atoms with E-state index < -0.39 is 17.8 Å². The summed E-state index contributed by atoms with van der Waals surface area (Å²) in [6.45, 7) is 0.0292. The van der Waals surface area contributed by atoms with Gasteiger partial charge in [-0.15, -0.1) is 0 Å². The lowest BCUT2D eigenvalue weighted by atomic mass is 10.1. The van der Waals surface area contributed by atoms with Gasteiger partial charge < -0.3 is 14.5 Å². The van der Waals surface area contributed by atoms with Crippen molar-refractivity contribution in [2.45, 2.75) is 12.8 Å². The summed E-state index contributed by atoms with van der Waals surface area (Å²) < 4.78 is 62.8. The number of halogens is 5. The van der Waals surface area contributed by atoms with E-state index in [9.17, 15) is 17.6 Å². The maximum Gasteiger partial charge on any atom is 0.433 e. The molecule has 0 amide bonds. The molecule has 0 unspecified atom stereocenters. The van der Waals surface area contributed by atoms with E-state index >= 15 is 0 Å². The van der Waals surface area contributed by atoms with Crippen LogP contribution in [0.4, 0.5) is 17.6 Å². The van der Waals surface area contributed by atoms with Crippen molar-refractivity contribution in [3.63, 3.8) is 0 Å². The van der Waals surface area contributed by atoms with E-state index in [0.717, 1.165) is 12.3 Å². The minimum Gasteiger partial charge on any atom is -0.496 e. The predicted octanol–water partition coefficient (Wildman–Crippen LogP) is 6.04. The molecule has 11 heteroatoms. The molecule has 0 radical (unpaired) electrons. The minimum absolute atomic E-state index is 0.0292. The molecule has 4 rings (SSSR count). The predicted molar refractivity (Wildman–Crippen MR) is 115 cm³/mol. The molecule has 0 bridgehead atoms. The van der Waals surface area contributed by atoms with Gasteiger partial charge in [0, 0.05) is 35.2 Å². The average molecular weight is 523 g/mol. The van der Waals surface area contributed by atoms with Crippen molar-refractivity contribution in [2.75, 3.05) is 7.11 Å². The van der Waals surface area contributed by atoms with E-state index in [1.54, 1.807) is 24.3 Å². The minimum atomic E-state index is -4.49. The molecule has 0 spiro atoms. The summed E-state index contributed by atoms with van der Waals surface area (Å²) in [4.78, 5) is 14.7. The first-order valence-corrected chi connectivity index (χ1v) is 10.2. The second-order valence-corrected chi connectivity index (χ2v) is 7.61. The van der Waals surface area contributed by atoms with Gasteiger partial charge in [-0.3, -0.25) is 4.98 Å². The van der Waals surface area contributed by atoms with E-state index in [1.807, 2.05) is 0 Å². The molecule has 0 aliphatic rings. The van der Waals surface area contributed by atoms with E-state index in [-0.39, 0.29) is 6.61 Å². The Labute approximate surface area is 193 Å². The Bertz CT molecular complexity index is 1260. The van der Waals surface area contributed by atoms with Gasteiger partial charge in [0.2, 0.25) is 5.95 Å². The Balaban J connectivity index is 1.53. The molecule has 3 heterocycles. The van der Waals surface area contributed by atoms with Gasteiger partial charge >= 0.3 is 6.18 Å². The topological polar surface area (TPSA) is 72.9 Å². The number of alkyl halides is 3. The SMILES string of the molecule is COc1cc(OCc2ccc(C(F)(F)F)nc2)ccc1-c1nc(-c2ccc(F)nc2)[nH]c1Br. The molecule has 3 aromatic heterocycles. The number of aromatic amines is 1. The molecule has 6 nitrogen and oxygen atoms in total. The van der Waals surface area contributed by atoms with Crippen LogP contribution in [-0.4, -0.2) is 27.0 Å². The van der Waals surface area contributed by atoms with Crippen molar-refractivity contribution in [3.8, 4) is 34.1 Å². The fourth-order valence-electron chi connectivity index (χ4n) is 2.98. The molecular weight excluding hydrogens is 508 g/mol. The van der Waals surface area contributed by atoms with Gasteiger partial charge in [0.1, 0.15) is 39.9 Å². The van der Waals surface area contributed by atoms with Crippen molar-refractivity contribution in [1.82, 2.24) is 19.9 Å². The number of benzene rings is 1. The Morgan fingerprint density at radius 2 is 1.85 bits per heavy atom. The van der Waals surface area contributed by atoms with Crippen LogP contribution in [0.15, 0.2) is 59.5 Å². The van der Waals surface area contributed by atoms with E-state index in [0.29, 0.717) is 44.3 Å². The molecule has 33 heavy (non-hydrogen) atoms. The summed E-state index contributed by atoms with van der Waals surface area (Å²) in [5.74, 6) is 0.814. The fourth-order valence-corrected chi connectivity index (χ4v) is 3.47. The number of nitrogens with zero attached hydrogens (tertiary/aromatic N) is 3. The van der Waals surface area contributed by atoms with E-state index in [4.69, 9.17) is 9.47 Å². The van der Waals surface area contributed by atoms with Gasteiger partial charge in [0.15, 0.2) is 0 Å². The molecule has 1 N–H and O–H groups in total. The Kier molecular flexibility index (Phi) is 6.32. The molecular formula is C22H15BrF4N4O2. The summed E-state index contributed by atoms with van der Waals surface area (Å²) in [7, 11) is 1.49. The number of hydrogen-bond donors (Lipinski definition) is 1. The van der Waals surface area contributed by atoms with Crippen molar-refractivity contribution >= 4 is 15.9 Å². The van der Waals surface area contributed by atoms with Crippen LogP contribution in [0.3, 0.4) is 0 Å². The first kappa shape index (κ1) is 22.7. The number of H-pyrrole nitrogens is 1. The van der Waals surface area contributed by atoms with Crippen molar-refractivity contribution in [1.29, 1.82) is 0 Å². The summed E-state index contributed by atoms with van der Waals surface area (Å²) in [5, 5.41) is 0. The third kappa shape index (κ3) is 5.14. The highest BCUT2D eigenvalue weighted by molar-refractivity contribution is 9.10. The summed E-state index contributed by atoms with van der Waals surface area (Å²) in [5.41, 5.74) is 1.35. The largest absolute Gasteiger partial charge is 0.496 e. The quantitative estimate of drug-likeness (QED) is 0.247. The summed E-state index contributed by atoms with van der Waals surface area (Å²) in [6.07, 6.45) is -1.99. The second kappa shape index (κ2) is 9.18. The smallest absolute Gasteiger partial charge is 0.433 e. The first-order chi connectivity index (χ1) is 15.7. The number of methoxy groups -OCH3 is 1. The molecule has 0 atom stereocenters. The lowest BCUT2D eigenvalue weighted by Crippen LogP contribution is -2.08. The zero-order valence-corrected chi connectivity index (χ0v) is 18.5. The summed E-state index contributed by atoms with van der Waals surface area (Å²) in [6, 6.07) is 10.1. The number of pyridine rings is 2. The standard InChI is InChI=1S/C22H15BrF4N4O2/c1-32-16-8-14(33-11-12-2-6-17(28-9-12)22(25,26)27)4-5-15(16)19-20(23)31-21(30-19)13-3-7-18(24)29-10-13/h2-10H,11H2,1H3,(H,30,31). The molecule has 0 fully saturated rings. The third-order valence-electron chi connectivity index (χ3n) is 4.61. The zero-order valence-electron chi connectivity index (χ0n) is 17.0. The van der Waals surface area contributed by atoms with Crippen LogP contribution in [0.5, 0.6) is 11.5 Å². The average Bonchev–Trinajstić information content (AvgIpc) is 3.19. The van der Waals surface area contributed by atoms with Crippen LogP contribution in [0.1, 0.15) is 11.3 Å². The number of imidazole rings is 1. The van der Waals surface area contributed by atoms with Crippen LogP contribution >= 0.6 is 15.9 Å². The molecule has 1 aromatic carbocycles. The van der Waals surface area contributed by atoms with Crippen LogP contribution in [0, 0.1) is 5.95 Å². The Hall–Kier alpha value is -3.47. The van der Waals surface area contributed by atoms with Gasteiger partial charge in [0.25, 0.3) is 0 Å². The van der Waals surface area contributed by atoms with Gasteiger partial charge in [-0.05, 0) is 46.3 Å². The Morgan fingerprint density at radius 1 is 1.03 bits per heavy atom. The molecule has 0 aliphatic heterocycles. The monoisotopic (exact) mass is 522 g/mol. The van der Waals surface area contributed by atoms with Gasteiger partial charge in [0.05, 0.1) is 7.11 Å². The molecule has 4 aromatic rings. The van der Waals surface area contributed by atoms with Crippen molar-refractivity contribution in [3.05, 3.63) is 76.7 Å². The fraction of sp³-hybridized carbons (Fsp3) is 0.136. The summed E-state index contributed by atoms with van der Waals surface area (Å²) >= 11 is 3.44. The highest BCUT2D eigenvalue weighted by Crippen LogP contribution is 2.37. The molecule has 0 aliphatic carbocycles. The number of aromatic nitrogens is 4. The van der Waals surface area contributed by atoms with Crippen LogP contribution in [0.2, 0.25) is 0 Å². The van der Waals surface area contributed by atoms with Crippen molar-refractivity contribution < 1.29 is 27.0 Å². The van der Waals surface area contributed by atoms with E-state index in [1.165, 1.54) is 25.4 Å². The normalized spacial score (nSPS) is 11.5. The Morgan fingerprint density at radius 3 is 2.48 bits per heavy atom. The van der Waals surface area contributed by atoms with Crippen LogP contribution < -0.4 is 9.47 Å². The zero-order chi connectivity index (χ0) is 23.6. The number of ether oxygens (including phenoxy) is 2. The molecule has 170 valence electrons. The maximum absolute atomic E-state index is 13.1. The lowest BCUT2D eigenvalue weighted by Gasteiger charge is -2.11.